The number of ether oxygens (including phenoxy) is 2. The van der Waals surface area contributed by atoms with Crippen molar-refractivity contribution in [1.82, 2.24) is 9.97 Å². The minimum absolute atomic E-state index is 0.477. The van der Waals surface area contributed by atoms with Crippen LogP contribution in [-0.2, 0) is 0 Å². The Morgan fingerprint density at radius 3 is 2.19 bits per heavy atom. The van der Waals surface area contributed by atoms with Crippen LogP contribution < -0.4 is 14.8 Å². The van der Waals surface area contributed by atoms with Crippen LogP contribution in [0.1, 0.15) is 69.5 Å². The number of hydrogen-bond donors (Lipinski definition) is 1. The Kier molecular flexibility index (Phi) is 5.14. The van der Waals surface area contributed by atoms with E-state index in [1.54, 1.807) is 14.2 Å². The second-order valence-electron chi connectivity index (χ2n) is 7.62. The predicted octanol–water partition coefficient (Wildman–Crippen LogP) is 5.05. The summed E-state index contributed by atoms with van der Waals surface area (Å²) in [5.41, 5.74) is 0.943. The lowest BCUT2D eigenvalue weighted by atomic mass is 9.88. The van der Waals surface area contributed by atoms with Gasteiger partial charge in [0.25, 0.3) is 0 Å². The third kappa shape index (κ3) is 3.44. The number of methoxy groups -OCH3 is 2. The molecule has 4 rings (SSSR count). The van der Waals surface area contributed by atoms with E-state index in [0.717, 1.165) is 34.0 Å². The maximum Gasteiger partial charge on any atom is 0.162 e. The van der Waals surface area contributed by atoms with E-state index in [1.807, 2.05) is 12.1 Å². The number of nitrogens with zero attached hydrogens (tertiary/aromatic N) is 2. The van der Waals surface area contributed by atoms with E-state index in [9.17, 15) is 0 Å². The van der Waals surface area contributed by atoms with Crippen molar-refractivity contribution in [2.45, 2.75) is 69.7 Å². The molecule has 0 amide bonds. The molecule has 0 saturated heterocycles. The molecule has 26 heavy (non-hydrogen) atoms. The molecular formula is C21H29N3O2. The molecule has 2 saturated carbocycles. The van der Waals surface area contributed by atoms with Gasteiger partial charge in [0.1, 0.15) is 11.6 Å². The van der Waals surface area contributed by atoms with Crippen LogP contribution in [0.15, 0.2) is 12.1 Å². The van der Waals surface area contributed by atoms with Gasteiger partial charge in [-0.3, -0.25) is 0 Å². The van der Waals surface area contributed by atoms with Crippen LogP contribution in [0, 0.1) is 0 Å². The van der Waals surface area contributed by atoms with Crippen molar-refractivity contribution in [3.8, 4) is 11.5 Å². The molecule has 140 valence electrons. The van der Waals surface area contributed by atoms with Gasteiger partial charge in [-0.05, 0) is 31.7 Å². The van der Waals surface area contributed by atoms with E-state index in [0.29, 0.717) is 12.0 Å². The highest BCUT2D eigenvalue weighted by Gasteiger charge is 2.23. The van der Waals surface area contributed by atoms with Crippen molar-refractivity contribution in [2.24, 2.45) is 0 Å². The van der Waals surface area contributed by atoms with Crippen LogP contribution >= 0.6 is 0 Å². The van der Waals surface area contributed by atoms with Crippen LogP contribution in [0.4, 0.5) is 5.82 Å². The highest BCUT2D eigenvalue weighted by Crippen LogP contribution is 2.37. The number of anilines is 1. The van der Waals surface area contributed by atoms with Crippen LogP contribution in [0.2, 0.25) is 0 Å². The van der Waals surface area contributed by atoms with Crippen LogP contribution in [0.5, 0.6) is 11.5 Å². The average Bonchev–Trinajstić information content (AvgIpc) is 3.20. The quantitative estimate of drug-likeness (QED) is 0.813. The monoisotopic (exact) mass is 355 g/mol. The normalized spacial score (nSPS) is 19.0. The fourth-order valence-corrected chi connectivity index (χ4v) is 4.39. The number of aromatic nitrogens is 2. The predicted molar refractivity (Wildman–Crippen MR) is 104 cm³/mol. The van der Waals surface area contributed by atoms with Gasteiger partial charge >= 0.3 is 0 Å². The second-order valence-corrected chi connectivity index (χ2v) is 7.62. The van der Waals surface area contributed by atoms with Crippen molar-refractivity contribution in [3.63, 3.8) is 0 Å². The molecule has 0 atom stereocenters. The zero-order chi connectivity index (χ0) is 17.9. The van der Waals surface area contributed by atoms with Crippen LogP contribution in [0.25, 0.3) is 10.9 Å². The lowest BCUT2D eigenvalue weighted by Crippen LogP contribution is -2.18. The zero-order valence-electron chi connectivity index (χ0n) is 15.9. The summed E-state index contributed by atoms with van der Waals surface area (Å²) in [4.78, 5) is 9.93. The highest BCUT2D eigenvalue weighted by atomic mass is 16.5. The van der Waals surface area contributed by atoms with Crippen molar-refractivity contribution in [3.05, 3.63) is 18.0 Å². The Labute approximate surface area is 155 Å². The summed E-state index contributed by atoms with van der Waals surface area (Å²) in [6.45, 7) is 0. The summed E-state index contributed by atoms with van der Waals surface area (Å²) in [7, 11) is 3.34. The lowest BCUT2D eigenvalue weighted by molar-refractivity contribution is 0.355. The molecule has 2 fully saturated rings. The molecule has 0 aliphatic heterocycles. The molecule has 1 heterocycles. The highest BCUT2D eigenvalue weighted by molar-refractivity contribution is 5.92. The first kappa shape index (κ1) is 17.4. The Hall–Kier alpha value is -2.04. The first-order valence-electron chi connectivity index (χ1n) is 9.98. The van der Waals surface area contributed by atoms with Crippen LogP contribution in [0.3, 0.4) is 0 Å². The molecule has 5 heteroatoms. The first-order chi connectivity index (χ1) is 12.8. The van der Waals surface area contributed by atoms with E-state index in [1.165, 1.54) is 57.8 Å². The maximum atomic E-state index is 5.51. The Morgan fingerprint density at radius 1 is 0.846 bits per heavy atom. The SMILES string of the molecule is COc1cc2nc(C3CCCCC3)nc(NC3CCCC3)c2cc1OC. The minimum Gasteiger partial charge on any atom is -0.493 e. The van der Waals surface area contributed by atoms with E-state index in [2.05, 4.69) is 5.32 Å². The number of rotatable bonds is 5. The van der Waals surface area contributed by atoms with Crippen molar-refractivity contribution in [1.29, 1.82) is 0 Å². The summed E-state index contributed by atoms with van der Waals surface area (Å²) in [5.74, 6) is 3.88. The standard InChI is InChI=1S/C21H29N3O2/c1-25-18-12-16-17(13-19(18)26-2)23-20(14-8-4-3-5-9-14)24-21(16)22-15-10-6-7-11-15/h12-15H,3-11H2,1-2H3,(H,22,23,24). The topological polar surface area (TPSA) is 56.3 Å². The summed E-state index contributed by atoms with van der Waals surface area (Å²) in [5, 5.41) is 4.73. The molecule has 0 radical (unpaired) electrons. The first-order valence-corrected chi connectivity index (χ1v) is 9.98. The van der Waals surface area contributed by atoms with Gasteiger partial charge in [-0.1, -0.05) is 32.1 Å². The molecule has 2 aromatic rings. The summed E-state index contributed by atoms with van der Waals surface area (Å²) >= 11 is 0. The minimum atomic E-state index is 0.477. The van der Waals surface area contributed by atoms with Gasteiger partial charge in [-0.25, -0.2) is 9.97 Å². The average molecular weight is 355 g/mol. The van der Waals surface area contributed by atoms with Gasteiger partial charge in [0.05, 0.1) is 19.7 Å². The molecular weight excluding hydrogens is 326 g/mol. The van der Waals surface area contributed by atoms with E-state index in [-0.39, 0.29) is 0 Å². The Bertz CT molecular complexity index is 765. The summed E-state index contributed by atoms with van der Waals surface area (Å²) in [6.07, 6.45) is 11.3. The van der Waals surface area contributed by atoms with E-state index >= 15 is 0 Å². The third-order valence-corrected chi connectivity index (χ3v) is 5.88. The van der Waals surface area contributed by atoms with Gasteiger partial charge < -0.3 is 14.8 Å². The van der Waals surface area contributed by atoms with Crippen molar-refractivity contribution < 1.29 is 9.47 Å². The molecule has 0 unspecified atom stereocenters. The molecule has 0 spiro atoms. The van der Waals surface area contributed by atoms with Gasteiger partial charge in [0, 0.05) is 23.4 Å². The fraction of sp³-hybridized carbons (Fsp3) is 0.619. The van der Waals surface area contributed by atoms with Crippen molar-refractivity contribution >= 4 is 16.7 Å². The summed E-state index contributed by atoms with van der Waals surface area (Å²) < 4.78 is 11.0. The van der Waals surface area contributed by atoms with Gasteiger partial charge in [0.2, 0.25) is 0 Å². The molecule has 5 nitrogen and oxygen atoms in total. The third-order valence-electron chi connectivity index (χ3n) is 5.88. The van der Waals surface area contributed by atoms with E-state index < -0.39 is 0 Å². The Morgan fingerprint density at radius 2 is 1.50 bits per heavy atom. The molecule has 2 aliphatic carbocycles. The van der Waals surface area contributed by atoms with Gasteiger partial charge in [-0.2, -0.15) is 0 Å². The molecule has 0 bridgehead atoms. The fourth-order valence-electron chi connectivity index (χ4n) is 4.39. The van der Waals surface area contributed by atoms with Crippen molar-refractivity contribution in [2.75, 3.05) is 19.5 Å². The molecule has 1 aromatic heterocycles. The van der Waals surface area contributed by atoms with E-state index in [4.69, 9.17) is 19.4 Å². The largest absolute Gasteiger partial charge is 0.493 e. The second kappa shape index (κ2) is 7.68. The van der Waals surface area contributed by atoms with Crippen LogP contribution in [-0.4, -0.2) is 30.2 Å². The molecule has 1 N–H and O–H groups in total. The number of benzene rings is 1. The van der Waals surface area contributed by atoms with Gasteiger partial charge in [-0.15, -0.1) is 0 Å². The number of fused-ring (bicyclic) bond motifs is 1. The lowest BCUT2D eigenvalue weighted by Gasteiger charge is -2.23. The number of hydrogen-bond acceptors (Lipinski definition) is 5. The molecule has 2 aliphatic rings. The zero-order valence-corrected chi connectivity index (χ0v) is 15.9. The van der Waals surface area contributed by atoms with Gasteiger partial charge in [0.15, 0.2) is 11.5 Å². The summed E-state index contributed by atoms with van der Waals surface area (Å²) in [6, 6.07) is 4.51. The molecule has 1 aromatic carbocycles. The number of nitrogens with one attached hydrogen (secondary N) is 1. The maximum absolute atomic E-state index is 5.51. The smallest absolute Gasteiger partial charge is 0.162 e. The Balaban J connectivity index is 1.79.